The van der Waals surface area contributed by atoms with Crippen molar-refractivity contribution >= 4 is 23.6 Å². The molecule has 0 saturated carbocycles. The summed E-state index contributed by atoms with van der Waals surface area (Å²) in [5.41, 5.74) is 4.72. The Hall–Kier alpha value is -2.89. The quantitative estimate of drug-likeness (QED) is 0.616. The van der Waals surface area contributed by atoms with E-state index >= 15 is 0 Å². The number of hydrogen-bond donors (Lipinski definition) is 0. The molecule has 1 aliphatic heterocycles. The number of carbonyl (C=O) groups excluding carboxylic acids is 2. The van der Waals surface area contributed by atoms with Crippen LogP contribution in [0.2, 0.25) is 0 Å². The number of ether oxygens (including phenoxy) is 1. The van der Waals surface area contributed by atoms with Gasteiger partial charge in [-0.15, -0.1) is 0 Å². The summed E-state index contributed by atoms with van der Waals surface area (Å²) < 4.78 is 7.11. The fraction of sp³-hybridized carbons (Fsp3) is 0.381. The lowest BCUT2D eigenvalue weighted by Crippen LogP contribution is -2.43. The first-order valence-corrected chi connectivity index (χ1v) is 9.09. The highest BCUT2D eigenvalue weighted by Gasteiger charge is 2.34. The second kappa shape index (κ2) is 7.39. The van der Waals surface area contributed by atoms with Crippen molar-refractivity contribution in [1.29, 1.82) is 0 Å². The number of fused-ring (bicyclic) bond motifs is 1. The highest BCUT2D eigenvalue weighted by Crippen LogP contribution is 2.32. The summed E-state index contributed by atoms with van der Waals surface area (Å²) in [7, 11) is 1.85. The molecule has 1 amide bonds. The Bertz CT molecular complexity index is 913. The molecule has 2 aromatic rings. The molecule has 0 aliphatic carbocycles. The number of aryl methyl sites for hydroxylation is 2. The molecule has 0 spiro atoms. The lowest BCUT2D eigenvalue weighted by Gasteiger charge is -2.25. The lowest BCUT2D eigenvalue weighted by atomic mass is 10.1. The molecule has 6 nitrogen and oxygen atoms in total. The maximum absolute atomic E-state index is 12.9. The number of para-hydroxylation sites is 1. The largest absolute Gasteiger partial charge is 0.449 e. The van der Waals surface area contributed by atoms with Gasteiger partial charge in [-0.25, -0.2) is 4.79 Å². The van der Waals surface area contributed by atoms with Crippen molar-refractivity contribution in [2.45, 2.75) is 46.3 Å². The molecule has 2 heterocycles. The van der Waals surface area contributed by atoms with E-state index in [9.17, 15) is 9.59 Å². The van der Waals surface area contributed by atoms with Gasteiger partial charge in [0.15, 0.2) is 6.10 Å². The summed E-state index contributed by atoms with van der Waals surface area (Å²) >= 11 is 0. The van der Waals surface area contributed by atoms with E-state index in [0.29, 0.717) is 0 Å². The molecular formula is C21H25N3O3. The average molecular weight is 367 g/mol. The first-order chi connectivity index (χ1) is 12.8. The molecule has 0 saturated heterocycles. The third-order valence-corrected chi connectivity index (χ3v) is 5.04. The third-order valence-electron chi connectivity index (χ3n) is 5.04. The fourth-order valence-corrected chi connectivity index (χ4v) is 3.54. The van der Waals surface area contributed by atoms with Crippen LogP contribution in [0, 0.1) is 13.8 Å². The van der Waals surface area contributed by atoms with Gasteiger partial charge in [0, 0.05) is 36.1 Å². The number of esters is 1. The number of carbonyl (C=O) groups is 2. The number of amides is 1. The van der Waals surface area contributed by atoms with Crippen LogP contribution in [0.4, 0.5) is 5.69 Å². The Balaban J connectivity index is 1.68. The number of rotatable bonds is 4. The molecule has 0 radical (unpaired) electrons. The molecule has 6 heteroatoms. The summed E-state index contributed by atoms with van der Waals surface area (Å²) in [5.74, 6) is -0.749. The summed E-state index contributed by atoms with van der Waals surface area (Å²) in [6.07, 6.45) is 2.99. The van der Waals surface area contributed by atoms with E-state index in [1.165, 1.54) is 6.08 Å². The Morgan fingerprint density at radius 3 is 2.67 bits per heavy atom. The van der Waals surface area contributed by atoms with Crippen LogP contribution in [0.3, 0.4) is 0 Å². The number of nitrogens with zero attached hydrogens (tertiary/aromatic N) is 3. The van der Waals surface area contributed by atoms with Crippen molar-refractivity contribution in [2.24, 2.45) is 7.05 Å². The molecule has 3 rings (SSSR count). The first kappa shape index (κ1) is 18.9. The van der Waals surface area contributed by atoms with Gasteiger partial charge in [-0.2, -0.15) is 5.10 Å². The number of anilines is 1. The Morgan fingerprint density at radius 1 is 1.30 bits per heavy atom. The van der Waals surface area contributed by atoms with Crippen LogP contribution in [-0.2, 0) is 27.8 Å². The van der Waals surface area contributed by atoms with Crippen LogP contribution >= 0.6 is 0 Å². The van der Waals surface area contributed by atoms with Crippen molar-refractivity contribution in [3.63, 3.8) is 0 Å². The summed E-state index contributed by atoms with van der Waals surface area (Å²) in [6, 6.07) is 7.88. The maximum atomic E-state index is 12.9. The average Bonchev–Trinajstić information content (AvgIpc) is 3.07. The van der Waals surface area contributed by atoms with E-state index in [2.05, 4.69) is 5.10 Å². The Labute approximate surface area is 159 Å². The van der Waals surface area contributed by atoms with Crippen molar-refractivity contribution in [3.8, 4) is 0 Å². The number of benzene rings is 1. The van der Waals surface area contributed by atoms with Crippen LogP contribution in [0.15, 0.2) is 30.3 Å². The second-order valence-corrected chi connectivity index (χ2v) is 7.01. The zero-order valence-corrected chi connectivity index (χ0v) is 16.4. The number of aromatic nitrogens is 2. The van der Waals surface area contributed by atoms with Gasteiger partial charge in [0.05, 0.1) is 5.69 Å². The minimum absolute atomic E-state index is 0.0484. The van der Waals surface area contributed by atoms with Crippen molar-refractivity contribution in [3.05, 3.63) is 52.9 Å². The van der Waals surface area contributed by atoms with Gasteiger partial charge >= 0.3 is 5.97 Å². The highest BCUT2D eigenvalue weighted by atomic mass is 16.5. The van der Waals surface area contributed by atoms with E-state index < -0.39 is 12.1 Å². The summed E-state index contributed by atoms with van der Waals surface area (Å²) in [4.78, 5) is 26.8. The van der Waals surface area contributed by atoms with Crippen LogP contribution in [0.25, 0.3) is 6.08 Å². The topological polar surface area (TPSA) is 64.4 Å². The van der Waals surface area contributed by atoms with Gasteiger partial charge in [-0.1, -0.05) is 18.2 Å². The summed E-state index contributed by atoms with van der Waals surface area (Å²) in [6.45, 7) is 7.43. The fourth-order valence-electron chi connectivity index (χ4n) is 3.54. The van der Waals surface area contributed by atoms with Crippen LogP contribution in [0.5, 0.6) is 0 Å². The second-order valence-electron chi connectivity index (χ2n) is 7.01. The van der Waals surface area contributed by atoms with Crippen LogP contribution in [-0.4, -0.2) is 33.8 Å². The third kappa shape index (κ3) is 3.65. The lowest BCUT2D eigenvalue weighted by molar-refractivity contribution is -0.149. The monoisotopic (exact) mass is 367 g/mol. The molecule has 0 N–H and O–H groups in total. The van der Waals surface area contributed by atoms with Crippen molar-refractivity contribution < 1.29 is 14.3 Å². The van der Waals surface area contributed by atoms with E-state index in [-0.39, 0.29) is 11.9 Å². The Kier molecular flexibility index (Phi) is 5.17. The van der Waals surface area contributed by atoms with Crippen molar-refractivity contribution in [1.82, 2.24) is 9.78 Å². The van der Waals surface area contributed by atoms with Gasteiger partial charge in [-0.3, -0.25) is 9.48 Å². The molecule has 142 valence electrons. The standard InChI is InChI=1S/C21H25N3O3/c1-13-12-17-8-6-7-9-19(17)24(13)21(26)16(4)27-20(25)11-10-18-14(2)22-23(5)15(18)3/h6-11,13,16H,12H2,1-5H3/b11-10+/t13-,16+/m1/s1. The van der Waals surface area contributed by atoms with E-state index in [0.717, 1.165) is 34.6 Å². The minimum atomic E-state index is -0.855. The SMILES string of the molecule is Cc1nn(C)c(C)c1/C=C/C(=O)O[C@@H](C)C(=O)N1c2ccccc2C[C@H]1C. The van der Waals surface area contributed by atoms with Gasteiger partial charge < -0.3 is 9.64 Å². The molecule has 0 unspecified atom stereocenters. The minimum Gasteiger partial charge on any atom is -0.449 e. The predicted octanol–water partition coefficient (Wildman–Crippen LogP) is 2.96. The van der Waals surface area contributed by atoms with Crippen LogP contribution < -0.4 is 4.90 Å². The molecular weight excluding hydrogens is 342 g/mol. The zero-order valence-electron chi connectivity index (χ0n) is 16.4. The molecule has 2 atom stereocenters. The molecule has 27 heavy (non-hydrogen) atoms. The molecule has 1 aromatic heterocycles. The smallest absolute Gasteiger partial charge is 0.331 e. The van der Waals surface area contributed by atoms with E-state index in [1.54, 1.807) is 22.6 Å². The normalized spacial score (nSPS) is 17.2. The summed E-state index contributed by atoms with van der Waals surface area (Å²) in [5, 5.41) is 4.31. The van der Waals surface area contributed by atoms with E-state index in [1.807, 2.05) is 52.1 Å². The maximum Gasteiger partial charge on any atom is 0.331 e. The number of hydrogen-bond acceptors (Lipinski definition) is 4. The van der Waals surface area contributed by atoms with Crippen LogP contribution in [0.1, 0.15) is 36.4 Å². The van der Waals surface area contributed by atoms with Gasteiger partial charge in [0.1, 0.15) is 0 Å². The van der Waals surface area contributed by atoms with Gasteiger partial charge in [0.25, 0.3) is 5.91 Å². The molecule has 0 bridgehead atoms. The van der Waals surface area contributed by atoms with E-state index in [4.69, 9.17) is 4.74 Å². The molecule has 0 fully saturated rings. The van der Waals surface area contributed by atoms with Crippen molar-refractivity contribution in [2.75, 3.05) is 4.90 Å². The molecule has 1 aromatic carbocycles. The van der Waals surface area contributed by atoms with Gasteiger partial charge in [0.2, 0.25) is 0 Å². The zero-order chi connectivity index (χ0) is 19.7. The first-order valence-electron chi connectivity index (χ1n) is 9.09. The predicted molar refractivity (Wildman–Crippen MR) is 104 cm³/mol. The Morgan fingerprint density at radius 2 is 2.00 bits per heavy atom. The van der Waals surface area contributed by atoms with Gasteiger partial charge in [-0.05, 0) is 51.8 Å². The highest BCUT2D eigenvalue weighted by molar-refractivity contribution is 6.00. The molecule has 1 aliphatic rings.